The fourth-order valence-corrected chi connectivity index (χ4v) is 3.71. The van der Waals surface area contributed by atoms with Crippen LogP contribution < -0.4 is 21.0 Å². The molecule has 4 rings (SSSR count). The van der Waals surface area contributed by atoms with E-state index in [2.05, 4.69) is 16.7 Å². The molecular formula is C22H20N4OS. The Morgan fingerprint density at radius 1 is 1.11 bits per heavy atom. The van der Waals surface area contributed by atoms with Gasteiger partial charge in [-0.25, -0.2) is 4.98 Å². The highest BCUT2D eigenvalue weighted by Gasteiger charge is 2.10. The van der Waals surface area contributed by atoms with Crippen molar-refractivity contribution in [2.24, 2.45) is 0 Å². The average Bonchev–Trinajstić information content (AvgIpc) is 3.30. The Labute approximate surface area is 166 Å². The Hall–Kier alpha value is -3.38. The number of nitrogens with one attached hydrogen (secondary N) is 1. The van der Waals surface area contributed by atoms with Crippen molar-refractivity contribution in [3.05, 3.63) is 86.5 Å². The van der Waals surface area contributed by atoms with E-state index in [1.165, 1.54) is 16.0 Å². The Kier molecular flexibility index (Phi) is 4.71. The fraction of sp³-hybridized carbons (Fsp3) is 0.0909. The Morgan fingerprint density at radius 3 is 2.50 bits per heavy atom. The van der Waals surface area contributed by atoms with Crippen molar-refractivity contribution in [1.82, 2.24) is 14.8 Å². The van der Waals surface area contributed by atoms with Gasteiger partial charge in [-0.15, -0.1) is 11.3 Å². The largest absolute Gasteiger partial charge is 0.378 e. The predicted molar refractivity (Wildman–Crippen MR) is 117 cm³/mol. The molecule has 0 spiro atoms. The lowest BCUT2D eigenvalue weighted by molar-refractivity contribution is 0.830. The summed E-state index contributed by atoms with van der Waals surface area (Å²) in [5, 5.41) is 6.69. The van der Waals surface area contributed by atoms with Crippen LogP contribution in [0.5, 0.6) is 0 Å². The number of hydrogen-bond acceptors (Lipinski definition) is 4. The molecule has 4 aromatic rings. The van der Waals surface area contributed by atoms with Crippen LogP contribution in [0.2, 0.25) is 0 Å². The third-order valence-electron chi connectivity index (χ3n) is 4.48. The molecule has 2 heterocycles. The van der Waals surface area contributed by atoms with Crippen molar-refractivity contribution in [2.45, 2.75) is 0 Å². The Bertz CT molecular complexity index is 1260. The van der Waals surface area contributed by atoms with Gasteiger partial charge >= 0.3 is 0 Å². The molecule has 0 atom stereocenters. The molecule has 140 valence electrons. The molecule has 28 heavy (non-hydrogen) atoms. The molecule has 0 saturated carbocycles. The Balaban J connectivity index is 1.73. The van der Waals surface area contributed by atoms with Gasteiger partial charge in [0.2, 0.25) is 5.13 Å². The summed E-state index contributed by atoms with van der Waals surface area (Å²) in [5.74, 6) is 0. The van der Waals surface area contributed by atoms with E-state index in [0.717, 1.165) is 22.5 Å². The van der Waals surface area contributed by atoms with Crippen LogP contribution in [0.15, 0.2) is 64.8 Å². The van der Waals surface area contributed by atoms with E-state index in [1.54, 1.807) is 0 Å². The molecule has 0 aliphatic rings. The summed E-state index contributed by atoms with van der Waals surface area (Å²) >= 11 is 1.42. The zero-order valence-electron chi connectivity index (χ0n) is 15.7. The van der Waals surface area contributed by atoms with Gasteiger partial charge in [0.25, 0.3) is 5.56 Å². The molecule has 0 radical (unpaired) electrons. The van der Waals surface area contributed by atoms with Crippen LogP contribution in [-0.4, -0.2) is 28.9 Å². The lowest BCUT2D eigenvalue weighted by Gasteiger charge is -2.11. The summed E-state index contributed by atoms with van der Waals surface area (Å²) in [6, 6.07) is 17.9. The van der Waals surface area contributed by atoms with Crippen molar-refractivity contribution < 1.29 is 0 Å². The first-order valence-electron chi connectivity index (χ1n) is 8.83. The zero-order valence-corrected chi connectivity index (χ0v) is 16.5. The van der Waals surface area contributed by atoms with Gasteiger partial charge in [0.1, 0.15) is 0 Å². The van der Waals surface area contributed by atoms with Crippen LogP contribution in [0.4, 0.5) is 5.69 Å². The zero-order chi connectivity index (χ0) is 19.7. The second-order valence-electron chi connectivity index (χ2n) is 6.66. The third-order valence-corrected chi connectivity index (χ3v) is 5.30. The van der Waals surface area contributed by atoms with E-state index in [1.807, 2.05) is 85.0 Å². The molecule has 0 aliphatic carbocycles. The van der Waals surface area contributed by atoms with E-state index in [4.69, 9.17) is 0 Å². The minimum atomic E-state index is -0.157. The highest BCUT2D eigenvalue weighted by molar-refractivity contribution is 7.12. The number of aromatic amines is 1. The highest BCUT2D eigenvalue weighted by atomic mass is 32.1. The van der Waals surface area contributed by atoms with Gasteiger partial charge in [-0.05, 0) is 23.8 Å². The van der Waals surface area contributed by atoms with Crippen LogP contribution in [0.3, 0.4) is 0 Å². The summed E-state index contributed by atoms with van der Waals surface area (Å²) in [6.45, 7) is 4.00. The van der Waals surface area contributed by atoms with Crippen molar-refractivity contribution in [3.63, 3.8) is 0 Å². The van der Waals surface area contributed by atoms with Gasteiger partial charge in [0.05, 0.1) is 16.3 Å². The summed E-state index contributed by atoms with van der Waals surface area (Å²) < 4.78 is 1.46. The standard InChI is InChI=1S/C22H20N4OS/c1-15-19(13-16-9-11-18(12-10-16)25(2)3)21(27)26(24-15)22-23-20(14-28-22)17-7-5-4-6-8-17/h4-14,24H,1H2,2-3H3/b19-13+. The predicted octanol–water partition coefficient (Wildman–Crippen LogP) is 2.59. The van der Waals surface area contributed by atoms with Crippen molar-refractivity contribution in [2.75, 3.05) is 19.0 Å². The quantitative estimate of drug-likeness (QED) is 0.585. The molecule has 6 heteroatoms. The third kappa shape index (κ3) is 3.42. The van der Waals surface area contributed by atoms with E-state index in [-0.39, 0.29) is 5.56 Å². The maximum Gasteiger partial charge on any atom is 0.281 e. The smallest absolute Gasteiger partial charge is 0.281 e. The molecule has 1 N–H and O–H groups in total. The molecule has 2 aromatic carbocycles. The average molecular weight is 388 g/mol. The lowest BCUT2D eigenvalue weighted by Crippen LogP contribution is -2.33. The molecular weight excluding hydrogens is 368 g/mol. The number of hydrogen-bond donors (Lipinski definition) is 1. The first-order chi connectivity index (χ1) is 13.5. The van der Waals surface area contributed by atoms with Crippen LogP contribution in [-0.2, 0) is 0 Å². The second kappa shape index (κ2) is 7.32. The topological polar surface area (TPSA) is 53.9 Å². The van der Waals surface area contributed by atoms with Crippen LogP contribution >= 0.6 is 11.3 Å². The minimum absolute atomic E-state index is 0.157. The SMILES string of the molecule is C=c1[nH]n(-c2nc(-c3ccccc3)cs2)c(=O)/c1=C/c1ccc(N(C)C)cc1. The normalized spacial score (nSPS) is 11.7. The number of anilines is 1. The van der Waals surface area contributed by atoms with E-state index in [9.17, 15) is 4.79 Å². The van der Waals surface area contributed by atoms with E-state index in [0.29, 0.717) is 15.7 Å². The number of nitrogens with zero attached hydrogens (tertiary/aromatic N) is 3. The van der Waals surface area contributed by atoms with E-state index >= 15 is 0 Å². The lowest BCUT2D eigenvalue weighted by atomic mass is 10.1. The van der Waals surface area contributed by atoms with Gasteiger partial charge < -0.3 is 4.90 Å². The van der Waals surface area contributed by atoms with Crippen LogP contribution in [0.25, 0.3) is 29.0 Å². The van der Waals surface area contributed by atoms with Gasteiger partial charge in [0, 0.05) is 30.7 Å². The maximum absolute atomic E-state index is 12.9. The molecule has 5 nitrogen and oxygen atoms in total. The summed E-state index contributed by atoms with van der Waals surface area (Å²) in [7, 11) is 3.99. The number of H-pyrrole nitrogens is 1. The van der Waals surface area contributed by atoms with Crippen molar-refractivity contribution >= 4 is 29.7 Å². The molecule has 0 amide bonds. The molecule has 2 aromatic heterocycles. The second-order valence-corrected chi connectivity index (χ2v) is 7.49. The molecule has 0 aliphatic heterocycles. The van der Waals surface area contributed by atoms with E-state index < -0.39 is 0 Å². The minimum Gasteiger partial charge on any atom is -0.378 e. The van der Waals surface area contributed by atoms with Crippen molar-refractivity contribution in [3.8, 4) is 16.4 Å². The van der Waals surface area contributed by atoms with Crippen molar-refractivity contribution in [1.29, 1.82) is 0 Å². The number of aromatic nitrogens is 3. The number of benzene rings is 2. The van der Waals surface area contributed by atoms with Crippen LogP contribution in [0, 0.1) is 0 Å². The first kappa shape index (κ1) is 18.0. The molecule has 0 fully saturated rings. The monoisotopic (exact) mass is 388 g/mol. The van der Waals surface area contributed by atoms with Gasteiger partial charge in [-0.1, -0.05) is 49.0 Å². The number of rotatable bonds is 4. The summed E-state index contributed by atoms with van der Waals surface area (Å²) in [4.78, 5) is 19.6. The highest BCUT2D eigenvalue weighted by Crippen LogP contribution is 2.22. The summed E-state index contributed by atoms with van der Waals surface area (Å²) in [5.41, 5.74) is 3.76. The first-order valence-corrected chi connectivity index (χ1v) is 9.71. The Morgan fingerprint density at radius 2 is 1.82 bits per heavy atom. The molecule has 0 unspecified atom stereocenters. The fourth-order valence-electron chi connectivity index (χ4n) is 2.92. The van der Waals surface area contributed by atoms with Gasteiger partial charge in [0.15, 0.2) is 0 Å². The molecule has 0 bridgehead atoms. The summed E-state index contributed by atoms with van der Waals surface area (Å²) in [6.07, 6.45) is 1.85. The molecule has 0 saturated heterocycles. The van der Waals surface area contributed by atoms with Gasteiger partial charge in [-0.2, -0.15) is 4.68 Å². The van der Waals surface area contributed by atoms with Crippen LogP contribution in [0.1, 0.15) is 5.56 Å². The maximum atomic E-state index is 12.9. The van der Waals surface area contributed by atoms with Gasteiger partial charge in [-0.3, -0.25) is 9.89 Å². The number of thiazole rings is 1.